The van der Waals surface area contributed by atoms with Crippen LogP contribution in [-0.4, -0.2) is 25.8 Å². The third-order valence-electron chi connectivity index (χ3n) is 3.92. The summed E-state index contributed by atoms with van der Waals surface area (Å²) in [5.74, 6) is -0.430. The molecule has 1 aromatic carbocycles. The normalized spacial score (nSPS) is 10.8. The summed E-state index contributed by atoms with van der Waals surface area (Å²) in [4.78, 5) is 16.0. The molecule has 7 heteroatoms. The van der Waals surface area contributed by atoms with Gasteiger partial charge in [0, 0.05) is 23.5 Å². The predicted molar refractivity (Wildman–Crippen MR) is 90.9 cm³/mol. The van der Waals surface area contributed by atoms with Gasteiger partial charge in [-0.3, -0.25) is 9.78 Å². The Morgan fingerprint density at radius 3 is 2.62 bits per heavy atom. The standard InChI is InChI=1S/C17H17N5O2/c1-9-5-6-12(23)10(2)15(9)22-16(18)13(17(19)24)14(21-22)11-4-3-7-20-8-11/h3-8,23H,18H2,1-2H3,(H2,19,24). The van der Waals surface area contributed by atoms with Crippen LogP contribution in [-0.2, 0) is 0 Å². The zero-order valence-electron chi connectivity index (χ0n) is 13.3. The Kier molecular flexibility index (Phi) is 3.69. The van der Waals surface area contributed by atoms with E-state index in [-0.39, 0.29) is 17.1 Å². The van der Waals surface area contributed by atoms with Crippen LogP contribution in [0.2, 0.25) is 0 Å². The molecule has 0 saturated heterocycles. The highest BCUT2D eigenvalue weighted by Crippen LogP contribution is 2.33. The number of aromatic nitrogens is 3. The Hall–Kier alpha value is -3.35. The van der Waals surface area contributed by atoms with Gasteiger partial charge in [0.1, 0.15) is 22.8 Å². The second kappa shape index (κ2) is 5.69. The average Bonchev–Trinajstić information content (AvgIpc) is 2.90. The van der Waals surface area contributed by atoms with E-state index in [0.29, 0.717) is 22.5 Å². The van der Waals surface area contributed by atoms with Crippen molar-refractivity contribution in [1.29, 1.82) is 0 Å². The Morgan fingerprint density at radius 1 is 1.25 bits per heavy atom. The Morgan fingerprint density at radius 2 is 2.00 bits per heavy atom. The number of hydrogen-bond acceptors (Lipinski definition) is 5. The number of primary amides is 1. The molecule has 0 radical (unpaired) electrons. The van der Waals surface area contributed by atoms with Crippen LogP contribution in [0.1, 0.15) is 21.5 Å². The summed E-state index contributed by atoms with van der Waals surface area (Å²) >= 11 is 0. The lowest BCUT2D eigenvalue weighted by Gasteiger charge is -2.12. The molecule has 0 spiro atoms. The average molecular weight is 323 g/mol. The lowest BCUT2D eigenvalue weighted by molar-refractivity contribution is 0.100. The number of hydrogen-bond donors (Lipinski definition) is 3. The van der Waals surface area contributed by atoms with Crippen molar-refractivity contribution < 1.29 is 9.90 Å². The molecule has 0 aliphatic carbocycles. The minimum Gasteiger partial charge on any atom is -0.508 e. The molecule has 0 unspecified atom stereocenters. The number of pyridine rings is 1. The monoisotopic (exact) mass is 323 g/mol. The van der Waals surface area contributed by atoms with E-state index >= 15 is 0 Å². The molecule has 0 aliphatic heterocycles. The van der Waals surface area contributed by atoms with Crippen molar-refractivity contribution in [3.8, 4) is 22.7 Å². The molecule has 5 N–H and O–H groups in total. The molecule has 2 aromatic heterocycles. The van der Waals surface area contributed by atoms with E-state index in [1.807, 2.05) is 6.92 Å². The molecule has 24 heavy (non-hydrogen) atoms. The highest BCUT2D eigenvalue weighted by atomic mass is 16.3. The SMILES string of the molecule is Cc1ccc(O)c(C)c1-n1nc(-c2cccnc2)c(C(N)=O)c1N. The maximum atomic E-state index is 11.9. The number of aromatic hydroxyl groups is 1. The lowest BCUT2D eigenvalue weighted by Crippen LogP contribution is -2.14. The van der Waals surface area contributed by atoms with Gasteiger partial charge in [0.15, 0.2) is 0 Å². The lowest BCUT2D eigenvalue weighted by atomic mass is 10.1. The maximum absolute atomic E-state index is 11.9. The van der Waals surface area contributed by atoms with Crippen LogP contribution in [0.5, 0.6) is 5.75 Å². The van der Waals surface area contributed by atoms with E-state index in [2.05, 4.69) is 10.1 Å². The van der Waals surface area contributed by atoms with Crippen LogP contribution in [0, 0.1) is 13.8 Å². The van der Waals surface area contributed by atoms with Gasteiger partial charge in [-0.05, 0) is 37.6 Å². The fraction of sp³-hybridized carbons (Fsp3) is 0.118. The number of nitrogens with two attached hydrogens (primary N) is 2. The van der Waals surface area contributed by atoms with Crippen molar-refractivity contribution >= 4 is 11.7 Å². The molecule has 0 atom stereocenters. The van der Waals surface area contributed by atoms with Gasteiger partial charge in [-0.1, -0.05) is 6.07 Å². The van der Waals surface area contributed by atoms with Gasteiger partial charge in [-0.2, -0.15) is 5.10 Å². The van der Waals surface area contributed by atoms with Gasteiger partial charge in [-0.25, -0.2) is 4.68 Å². The van der Waals surface area contributed by atoms with Crippen LogP contribution >= 0.6 is 0 Å². The van der Waals surface area contributed by atoms with E-state index in [0.717, 1.165) is 5.56 Å². The number of nitrogen functional groups attached to an aromatic ring is 1. The quantitative estimate of drug-likeness (QED) is 0.680. The summed E-state index contributed by atoms with van der Waals surface area (Å²) < 4.78 is 1.44. The summed E-state index contributed by atoms with van der Waals surface area (Å²) in [5, 5.41) is 14.5. The highest BCUT2D eigenvalue weighted by molar-refractivity contribution is 6.03. The summed E-state index contributed by atoms with van der Waals surface area (Å²) in [5.41, 5.74) is 14.9. The summed E-state index contributed by atoms with van der Waals surface area (Å²) in [6, 6.07) is 6.87. The van der Waals surface area contributed by atoms with Crippen molar-refractivity contribution in [2.24, 2.45) is 5.73 Å². The zero-order valence-corrected chi connectivity index (χ0v) is 13.3. The first-order valence-corrected chi connectivity index (χ1v) is 7.30. The van der Waals surface area contributed by atoms with Crippen molar-refractivity contribution in [3.63, 3.8) is 0 Å². The smallest absolute Gasteiger partial charge is 0.254 e. The molecular weight excluding hydrogens is 306 g/mol. The van der Waals surface area contributed by atoms with Gasteiger partial charge >= 0.3 is 0 Å². The number of anilines is 1. The summed E-state index contributed by atoms with van der Waals surface area (Å²) in [6.45, 7) is 3.63. The van der Waals surface area contributed by atoms with E-state index in [1.54, 1.807) is 43.6 Å². The van der Waals surface area contributed by atoms with Crippen molar-refractivity contribution in [1.82, 2.24) is 14.8 Å². The van der Waals surface area contributed by atoms with Crippen LogP contribution in [0.25, 0.3) is 16.9 Å². The topological polar surface area (TPSA) is 120 Å². The highest BCUT2D eigenvalue weighted by Gasteiger charge is 2.24. The number of amides is 1. The third-order valence-corrected chi connectivity index (χ3v) is 3.92. The van der Waals surface area contributed by atoms with Crippen molar-refractivity contribution in [2.75, 3.05) is 5.73 Å². The van der Waals surface area contributed by atoms with Crippen molar-refractivity contribution in [3.05, 3.63) is 53.3 Å². The van der Waals surface area contributed by atoms with Gasteiger partial charge in [0.25, 0.3) is 5.91 Å². The summed E-state index contributed by atoms with van der Waals surface area (Å²) in [6.07, 6.45) is 3.21. The number of phenols is 1. The van der Waals surface area contributed by atoms with Crippen molar-refractivity contribution in [2.45, 2.75) is 13.8 Å². The first kappa shape index (κ1) is 15.5. The molecule has 3 rings (SSSR count). The molecule has 0 saturated carbocycles. The van der Waals surface area contributed by atoms with Crippen LogP contribution in [0.3, 0.4) is 0 Å². The number of nitrogens with zero attached hydrogens (tertiary/aromatic N) is 3. The number of carbonyl (C=O) groups is 1. The molecule has 1 amide bonds. The maximum Gasteiger partial charge on any atom is 0.254 e. The number of rotatable bonds is 3. The second-order valence-corrected chi connectivity index (χ2v) is 5.50. The van der Waals surface area contributed by atoms with Gasteiger partial charge in [0.05, 0.1) is 5.69 Å². The number of carbonyl (C=O) groups excluding carboxylic acids is 1. The minimum atomic E-state index is -0.673. The largest absolute Gasteiger partial charge is 0.508 e. The first-order valence-electron chi connectivity index (χ1n) is 7.30. The van der Waals surface area contributed by atoms with Gasteiger partial charge in [0.2, 0.25) is 0 Å². The number of aryl methyl sites for hydroxylation is 1. The second-order valence-electron chi connectivity index (χ2n) is 5.50. The third kappa shape index (κ3) is 2.36. The van der Waals surface area contributed by atoms with Crippen LogP contribution in [0.15, 0.2) is 36.7 Å². The molecule has 3 aromatic rings. The molecule has 2 heterocycles. The summed E-state index contributed by atoms with van der Waals surface area (Å²) in [7, 11) is 0. The predicted octanol–water partition coefficient (Wildman–Crippen LogP) is 1.94. The Balaban J connectivity index is 2.33. The van der Waals surface area contributed by atoms with E-state index < -0.39 is 5.91 Å². The van der Waals surface area contributed by atoms with Crippen LogP contribution < -0.4 is 11.5 Å². The molecule has 122 valence electrons. The zero-order chi connectivity index (χ0) is 17.4. The Labute approximate surface area is 138 Å². The number of benzene rings is 1. The Bertz CT molecular complexity index is 932. The van der Waals surface area contributed by atoms with E-state index in [9.17, 15) is 9.90 Å². The fourth-order valence-electron chi connectivity index (χ4n) is 2.70. The molecule has 0 fully saturated rings. The molecule has 0 bridgehead atoms. The molecule has 7 nitrogen and oxygen atoms in total. The van der Waals surface area contributed by atoms with Gasteiger partial charge in [-0.15, -0.1) is 0 Å². The van der Waals surface area contributed by atoms with E-state index in [1.165, 1.54) is 4.68 Å². The first-order chi connectivity index (χ1) is 11.4. The molecular formula is C17H17N5O2. The molecule has 0 aliphatic rings. The van der Waals surface area contributed by atoms with E-state index in [4.69, 9.17) is 11.5 Å². The fourth-order valence-corrected chi connectivity index (χ4v) is 2.70. The number of phenolic OH excluding ortho intramolecular Hbond substituents is 1. The van der Waals surface area contributed by atoms with Gasteiger partial charge < -0.3 is 16.6 Å². The minimum absolute atomic E-state index is 0.119. The van der Waals surface area contributed by atoms with Crippen LogP contribution in [0.4, 0.5) is 5.82 Å².